The number of amides is 1. The average molecular weight is 411 g/mol. The summed E-state index contributed by atoms with van der Waals surface area (Å²) < 4.78 is 24.8. The molecule has 2 aromatic rings. The first-order chi connectivity index (χ1) is 12.4. The number of rotatable bonds is 6. The average Bonchev–Trinajstić information content (AvgIpc) is 2.65. The standard InChI is InChI=1S/C18H19ClN2O3S2/c19-15-6-8-16(9-7-15)25-12-18(22)20-21-26(23,24)17-10-5-13-3-1-2-4-14(13)11-17/h5-11,21H,1-4,12H2,(H,20,22). The molecule has 2 aromatic carbocycles. The summed E-state index contributed by atoms with van der Waals surface area (Å²) in [6.07, 6.45) is 4.09. The van der Waals surface area contributed by atoms with E-state index in [1.165, 1.54) is 17.3 Å². The smallest absolute Gasteiger partial charge is 0.257 e. The van der Waals surface area contributed by atoms with Gasteiger partial charge in [-0.25, -0.2) is 8.42 Å². The number of carbonyl (C=O) groups excluding carboxylic acids is 1. The van der Waals surface area contributed by atoms with Crippen LogP contribution >= 0.6 is 23.4 Å². The Morgan fingerprint density at radius 1 is 1.04 bits per heavy atom. The predicted octanol–water partition coefficient (Wildman–Crippen LogP) is 3.32. The number of sulfonamides is 1. The summed E-state index contributed by atoms with van der Waals surface area (Å²) in [6, 6.07) is 12.2. The van der Waals surface area contributed by atoms with Crippen molar-refractivity contribution in [3.05, 3.63) is 58.6 Å². The quantitative estimate of drug-likeness (QED) is 0.565. The Hall–Kier alpha value is -1.54. The Morgan fingerprint density at radius 2 is 1.73 bits per heavy atom. The van der Waals surface area contributed by atoms with Gasteiger partial charge >= 0.3 is 0 Å². The van der Waals surface area contributed by atoms with Gasteiger partial charge in [0.15, 0.2) is 0 Å². The van der Waals surface area contributed by atoms with E-state index in [1.54, 1.807) is 36.4 Å². The number of thioether (sulfide) groups is 1. The van der Waals surface area contributed by atoms with Gasteiger partial charge < -0.3 is 0 Å². The summed E-state index contributed by atoms with van der Waals surface area (Å²) in [7, 11) is -3.79. The minimum atomic E-state index is -3.79. The van der Waals surface area contributed by atoms with Crippen LogP contribution in [0.15, 0.2) is 52.3 Å². The van der Waals surface area contributed by atoms with E-state index in [-0.39, 0.29) is 10.6 Å². The van der Waals surface area contributed by atoms with E-state index in [4.69, 9.17) is 11.6 Å². The van der Waals surface area contributed by atoms with Crippen molar-refractivity contribution in [3.63, 3.8) is 0 Å². The molecule has 0 aliphatic heterocycles. The van der Waals surface area contributed by atoms with E-state index in [2.05, 4.69) is 10.3 Å². The maximum absolute atomic E-state index is 12.4. The zero-order valence-corrected chi connectivity index (χ0v) is 16.4. The summed E-state index contributed by atoms with van der Waals surface area (Å²) in [5.41, 5.74) is 4.54. The molecule has 0 fully saturated rings. The SMILES string of the molecule is O=C(CSc1ccc(Cl)cc1)NNS(=O)(=O)c1ccc2c(c1)CCCC2. The molecule has 0 spiro atoms. The van der Waals surface area contributed by atoms with E-state index in [9.17, 15) is 13.2 Å². The van der Waals surface area contributed by atoms with Crippen molar-refractivity contribution >= 4 is 39.3 Å². The van der Waals surface area contributed by atoms with Crippen LogP contribution in [0.1, 0.15) is 24.0 Å². The molecule has 26 heavy (non-hydrogen) atoms. The lowest BCUT2D eigenvalue weighted by atomic mass is 9.92. The van der Waals surface area contributed by atoms with Gasteiger partial charge in [-0.3, -0.25) is 10.2 Å². The third-order valence-electron chi connectivity index (χ3n) is 4.14. The number of hydrazine groups is 1. The van der Waals surface area contributed by atoms with Gasteiger partial charge in [0.1, 0.15) is 0 Å². The van der Waals surface area contributed by atoms with E-state index >= 15 is 0 Å². The third-order valence-corrected chi connectivity index (χ3v) is 6.65. The lowest BCUT2D eigenvalue weighted by molar-refractivity contribution is -0.119. The van der Waals surface area contributed by atoms with Crippen LogP contribution in [0, 0.1) is 0 Å². The van der Waals surface area contributed by atoms with Crippen LogP contribution in [-0.4, -0.2) is 20.1 Å². The molecule has 1 aliphatic rings. The van der Waals surface area contributed by atoms with Crippen molar-refractivity contribution in [3.8, 4) is 0 Å². The number of benzene rings is 2. The first kappa shape index (κ1) is 19.2. The van der Waals surface area contributed by atoms with Crippen molar-refractivity contribution in [2.45, 2.75) is 35.5 Å². The van der Waals surface area contributed by atoms with Crippen molar-refractivity contribution in [1.29, 1.82) is 0 Å². The molecule has 1 amide bonds. The van der Waals surface area contributed by atoms with Gasteiger partial charge in [-0.05, 0) is 73.2 Å². The lowest BCUT2D eigenvalue weighted by Crippen LogP contribution is -2.42. The van der Waals surface area contributed by atoms with Crippen LogP contribution in [0.25, 0.3) is 0 Å². The second kappa shape index (κ2) is 8.43. The molecule has 0 atom stereocenters. The first-order valence-electron chi connectivity index (χ1n) is 8.25. The number of hydrogen-bond acceptors (Lipinski definition) is 4. The van der Waals surface area contributed by atoms with Gasteiger partial charge in [0.05, 0.1) is 10.6 Å². The van der Waals surface area contributed by atoms with E-state index in [0.717, 1.165) is 36.1 Å². The summed E-state index contributed by atoms with van der Waals surface area (Å²) in [5.74, 6) is -0.333. The van der Waals surface area contributed by atoms with Gasteiger partial charge in [0, 0.05) is 9.92 Å². The van der Waals surface area contributed by atoms with Gasteiger partial charge in [-0.2, -0.15) is 0 Å². The van der Waals surface area contributed by atoms with Crippen LogP contribution in [0.3, 0.4) is 0 Å². The molecule has 138 valence electrons. The maximum Gasteiger partial charge on any atom is 0.257 e. The summed E-state index contributed by atoms with van der Waals surface area (Å²) >= 11 is 7.11. The van der Waals surface area contributed by atoms with Gasteiger partial charge in [0.25, 0.3) is 10.0 Å². The minimum Gasteiger partial charge on any atom is -0.277 e. The maximum atomic E-state index is 12.4. The van der Waals surface area contributed by atoms with Crippen molar-refractivity contribution in [2.24, 2.45) is 0 Å². The fourth-order valence-electron chi connectivity index (χ4n) is 2.78. The summed E-state index contributed by atoms with van der Waals surface area (Å²) in [4.78, 5) is 15.1. The van der Waals surface area contributed by atoms with Crippen molar-refractivity contribution in [1.82, 2.24) is 10.3 Å². The van der Waals surface area contributed by atoms with Gasteiger partial charge in [-0.1, -0.05) is 17.7 Å². The zero-order valence-electron chi connectivity index (χ0n) is 14.0. The van der Waals surface area contributed by atoms with Gasteiger partial charge in [0.2, 0.25) is 5.91 Å². The molecule has 5 nitrogen and oxygen atoms in total. The monoisotopic (exact) mass is 410 g/mol. The van der Waals surface area contributed by atoms with Crippen LogP contribution in [-0.2, 0) is 27.7 Å². The summed E-state index contributed by atoms with van der Waals surface area (Å²) in [5, 5.41) is 0.622. The Bertz CT molecular complexity index is 899. The van der Waals surface area contributed by atoms with E-state index in [0.29, 0.717) is 5.02 Å². The third kappa shape index (κ3) is 5.01. The first-order valence-corrected chi connectivity index (χ1v) is 11.1. The number of halogens is 1. The van der Waals surface area contributed by atoms with Crippen LogP contribution in [0.4, 0.5) is 0 Å². The lowest BCUT2D eigenvalue weighted by Gasteiger charge is -2.17. The molecule has 0 heterocycles. The Balaban J connectivity index is 1.56. The van der Waals surface area contributed by atoms with Crippen LogP contribution < -0.4 is 10.3 Å². The number of nitrogens with one attached hydrogen (secondary N) is 2. The number of aryl methyl sites for hydroxylation is 2. The molecule has 0 aromatic heterocycles. The molecule has 0 saturated heterocycles. The number of hydrogen-bond donors (Lipinski definition) is 2. The molecular formula is C18H19ClN2O3S2. The normalized spacial score (nSPS) is 13.9. The highest BCUT2D eigenvalue weighted by molar-refractivity contribution is 8.00. The van der Waals surface area contributed by atoms with Crippen molar-refractivity contribution in [2.75, 3.05) is 5.75 Å². The Labute approximate surface area is 162 Å². The number of fused-ring (bicyclic) bond motifs is 1. The highest BCUT2D eigenvalue weighted by Gasteiger charge is 2.18. The molecule has 0 saturated carbocycles. The molecule has 3 rings (SSSR count). The molecule has 8 heteroatoms. The Kier molecular flexibility index (Phi) is 6.24. The highest BCUT2D eigenvalue weighted by atomic mass is 35.5. The van der Waals surface area contributed by atoms with Crippen LogP contribution in [0.2, 0.25) is 5.02 Å². The van der Waals surface area contributed by atoms with E-state index < -0.39 is 15.9 Å². The molecule has 0 unspecified atom stereocenters. The fourth-order valence-corrected chi connectivity index (χ4v) is 4.51. The van der Waals surface area contributed by atoms with Gasteiger partial charge in [-0.15, -0.1) is 16.6 Å². The molecular weight excluding hydrogens is 392 g/mol. The highest BCUT2D eigenvalue weighted by Crippen LogP contribution is 2.24. The second-order valence-electron chi connectivity index (χ2n) is 6.03. The minimum absolute atomic E-state index is 0.0916. The number of carbonyl (C=O) groups is 1. The second-order valence-corrected chi connectivity index (χ2v) is 9.20. The molecule has 0 bridgehead atoms. The molecule has 0 radical (unpaired) electrons. The molecule has 1 aliphatic carbocycles. The van der Waals surface area contributed by atoms with Crippen LogP contribution in [0.5, 0.6) is 0 Å². The molecule has 2 N–H and O–H groups in total. The van der Waals surface area contributed by atoms with E-state index in [1.807, 2.05) is 6.07 Å². The fraction of sp³-hybridized carbons (Fsp3) is 0.278. The largest absolute Gasteiger partial charge is 0.277 e. The predicted molar refractivity (Wildman–Crippen MR) is 104 cm³/mol. The summed E-state index contributed by atoms with van der Waals surface area (Å²) in [6.45, 7) is 0. The van der Waals surface area contributed by atoms with Crippen molar-refractivity contribution < 1.29 is 13.2 Å². The Morgan fingerprint density at radius 3 is 2.46 bits per heavy atom. The topological polar surface area (TPSA) is 75.3 Å². The zero-order chi connectivity index (χ0) is 18.6.